The van der Waals surface area contributed by atoms with Crippen LogP contribution in [0.15, 0.2) is 29.1 Å². The molecule has 0 bridgehead atoms. The van der Waals surface area contributed by atoms with Crippen LogP contribution >= 0.6 is 0 Å². The molecule has 0 radical (unpaired) electrons. The largest absolute Gasteiger partial charge is 0.502 e. The van der Waals surface area contributed by atoms with Crippen molar-refractivity contribution in [1.82, 2.24) is 19.8 Å². The normalized spacial score (nSPS) is 15.7. The van der Waals surface area contributed by atoms with Crippen LogP contribution in [0.25, 0.3) is 0 Å². The lowest BCUT2D eigenvalue weighted by atomic mass is 10.1. The van der Waals surface area contributed by atoms with E-state index in [1.807, 2.05) is 0 Å². The van der Waals surface area contributed by atoms with Crippen LogP contribution in [-0.4, -0.2) is 49.6 Å². The quantitative estimate of drug-likeness (QED) is 0.636. The van der Waals surface area contributed by atoms with Crippen molar-refractivity contribution in [3.8, 4) is 5.75 Å². The van der Waals surface area contributed by atoms with Gasteiger partial charge in [0, 0.05) is 26.6 Å². The molecule has 0 fully saturated rings. The molecule has 154 valence electrons. The van der Waals surface area contributed by atoms with Crippen LogP contribution in [0.4, 0.5) is 4.39 Å². The van der Waals surface area contributed by atoms with Crippen molar-refractivity contribution >= 4 is 11.8 Å². The molecule has 1 aliphatic rings. The predicted molar refractivity (Wildman–Crippen MR) is 99.3 cm³/mol. The highest BCUT2D eigenvalue weighted by Crippen LogP contribution is 2.24. The van der Waals surface area contributed by atoms with Crippen LogP contribution in [0.5, 0.6) is 5.75 Å². The maximum atomic E-state index is 12.9. The summed E-state index contributed by atoms with van der Waals surface area (Å²) >= 11 is 0. The number of amides is 2. The topological polar surface area (TPSA) is 125 Å². The van der Waals surface area contributed by atoms with Gasteiger partial charge >= 0.3 is 0 Å². The van der Waals surface area contributed by atoms with E-state index in [2.05, 4.69) is 10.3 Å². The average molecular weight is 404 g/mol. The lowest BCUT2D eigenvalue weighted by Crippen LogP contribution is -2.47. The molecule has 1 aliphatic heterocycles. The Morgan fingerprint density at radius 3 is 2.59 bits per heavy atom. The number of benzene rings is 1. The first kappa shape index (κ1) is 20.5. The van der Waals surface area contributed by atoms with E-state index in [0.717, 1.165) is 0 Å². The fraction of sp³-hybridized carbons (Fsp3) is 0.368. The number of aromatic nitrogens is 2. The minimum absolute atomic E-state index is 0.123. The van der Waals surface area contributed by atoms with Gasteiger partial charge in [-0.15, -0.1) is 0 Å². The van der Waals surface area contributed by atoms with Gasteiger partial charge < -0.3 is 20.4 Å². The summed E-state index contributed by atoms with van der Waals surface area (Å²) in [6.07, 6.45) is -0.367. The van der Waals surface area contributed by atoms with Crippen LogP contribution in [0.1, 0.15) is 30.0 Å². The highest BCUT2D eigenvalue weighted by atomic mass is 19.1. The van der Waals surface area contributed by atoms with Crippen LogP contribution in [0, 0.1) is 5.82 Å². The first-order chi connectivity index (χ1) is 13.8. The summed E-state index contributed by atoms with van der Waals surface area (Å²) in [4.78, 5) is 42.1. The molecule has 2 aromatic rings. The van der Waals surface area contributed by atoms with E-state index in [9.17, 15) is 29.0 Å². The monoisotopic (exact) mass is 404 g/mol. The molecule has 1 unspecified atom stereocenters. The van der Waals surface area contributed by atoms with Crippen molar-refractivity contribution in [2.45, 2.75) is 32.5 Å². The number of aliphatic hydroxyl groups excluding tert-OH is 1. The first-order valence-corrected chi connectivity index (χ1v) is 9.03. The van der Waals surface area contributed by atoms with E-state index >= 15 is 0 Å². The highest BCUT2D eigenvalue weighted by molar-refractivity contribution is 5.78. The lowest BCUT2D eigenvalue weighted by molar-refractivity contribution is -0.133. The Hall–Kier alpha value is -3.27. The van der Waals surface area contributed by atoms with Crippen LogP contribution in [-0.2, 0) is 29.1 Å². The van der Waals surface area contributed by atoms with Crippen molar-refractivity contribution in [3.05, 3.63) is 57.5 Å². The van der Waals surface area contributed by atoms with Gasteiger partial charge in [0.25, 0.3) is 5.56 Å². The Labute approximate surface area is 165 Å². The maximum Gasteiger partial charge on any atom is 0.296 e. The summed E-state index contributed by atoms with van der Waals surface area (Å²) < 4.78 is 14.1. The van der Waals surface area contributed by atoms with Gasteiger partial charge in [-0.05, 0) is 17.7 Å². The van der Waals surface area contributed by atoms with Gasteiger partial charge in [-0.1, -0.05) is 12.1 Å². The van der Waals surface area contributed by atoms with Gasteiger partial charge in [0.2, 0.25) is 17.6 Å². The zero-order valence-corrected chi connectivity index (χ0v) is 15.8. The molecular formula is C19H21FN4O5. The average Bonchev–Trinajstić information content (AvgIpc) is 2.70. The van der Waals surface area contributed by atoms with Crippen molar-refractivity contribution in [3.63, 3.8) is 0 Å². The van der Waals surface area contributed by atoms with Gasteiger partial charge in [-0.25, -0.2) is 9.37 Å². The Balaban J connectivity index is 1.81. The minimum atomic E-state index is -0.837. The number of nitrogens with one attached hydrogen (secondary N) is 1. The second-order valence-electron chi connectivity index (χ2n) is 6.71. The summed E-state index contributed by atoms with van der Waals surface area (Å²) in [5.74, 6) is -1.68. The molecule has 0 aliphatic carbocycles. The van der Waals surface area contributed by atoms with Crippen LogP contribution in [0.2, 0.25) is 0 Å². The zero-order chi connectivity index (χ0) is 21.1. The van der Waals surface area contributed by atoms with Gasteiger partial charge in [0.05, 0.1) is 18.7 Å². The Kier molecular flexibility index (Phi) is 5.92. The molecule has 2 amide bonds. The van der Waals surface area contributed by atoms with E-state index in [-0.39, 0.29) is 49.3 Å². The molecule has 9 nitrogen and oxygen atoms in total. The number of nitrogens with zero attached hydrogens (tertiary/aromatic N) is 3. The predicted octanol–water partition coefficient (Wildman–Crippen LogP) is -0.158. The maximum absolute atomic E-state index is 12.9. The van der Waals surface area contributed by atoms with Crippen LogP contribution < -0.4 is 10.9 Å². The summed E-state index contributed by atoms with van der Waals surface area (Å²) in [5, 5.41) is 22.5. The minimum Gasteiger partial charge on any atom is -0.502 e. The van der Waals surface area contributed by atoms with Crippen molar-refractivity contribution in [2.24, 2.45) is 0 Å². The number of aliphatic hydroxyl groups is 1. The van der Waals surface area contributed by atoms with Gasteiger partial charge in [0.15, 0.2) is 0 Å². The molecular weight excluding hydrogens is 383 g/mol. The van der Waals surface area contributed by atoms with Crippen molar-refractivity contribution in [1.29, 1.82) is 0 Å². The number of rotatable bonds is 5. The van der Waals surface area contributed by atoms with Gasteiger partial charge in [0.1, 0.15) is 17.7 Å². The molecule has 3 N–H and O–H groups in total. The fourth-order valence-electron chi connectivity index (χ4n) is 3.28. The third-order valence-electron chi connectivity index (χ3n) is 4.79. The van der Waals surface area contributed by atoms with E-state index in [0.29, 0.717) is 5.56 Å². The summed E-state index contributed by atoms with van der Waals surface area (Å²) in [6.45, 7) is 1.36. The smallest absolute Gasteiger partial charge is 0.296 e. The van der Waals surface area contributed by atoms with E-state index in [1.165, 1.54) is 40.7 Å². The van der Waals surface area contributed by atoms with E-state index < -0.39 is 29.9 Å². The summed E-state index contributed by atoms with van der Waals surface area (Å²) in [5.41, 5.74) is -0.181. The molecule has 0 spiro atoms. The molecule has 0 saturated heterocycles. The SMILES string of the molecule is CC(=O)N1CCn2c(nc(CC(=O)NCc3ccc(F)cc3)c(O)c2=O)C1CO. The Bertz CT molecular complexity index is 989. The third-order valence-corrected chi connectivity index (χ3v) is 4.79. The van der Waals surface area contributed by atoms with Crippen LogP contribution in [0.3, 0.4) is 0 Å². The number of hydrogen-bond acceptors (Lipinski definition) is 6. The van der Waals surface area contributed by atoms with E-state index in [1.54, 1.807) is 0 Å². The molecule has 1 aromatic heterocycles. The second kappa shape index (κ2) is 8.39. The van der Waals surface area contributed by atoms with Crippen molar-refractivity contribution < 1.29 is 24.2 Å². The Morgan fingerprint density at radius 2 is 1.97 bits per heavy atom. The lowest BCUT2D eigenvalue weighted by Gasteiger charge is -2.35. The molecule has 2 heterocycles. The number of fused-ring (bicyclic) bond motifs is 1. The molecule has 10 heteroatoms. The summed E-state index contributed by atoms with van der Waals surface area (Å²) in [6, 6.07) is 4.76. The number of halogens is 1. The molecule has 1 aromatic carbocycles. The number of carbonyl (C=O) groups is 2. The Morgan fingerprint density at radius 1 is 1.28 bits per heavy atom. The van der Waals surface area contributed by atoms with Crippen molar-refractivity contribution in [2.75, 3.05) is 13.2 Å². The standard InChI is InChI=1S/C19H21FN4O5/c1-11(26)23-6-7-24-18(15(23)10-25)22-14(17(28)19(24)29)8-16(27)21-9-12-2-4-13(20)5-3-12/h2-5,15,25,28H,6-10H2,1H3,(H,21,27). The van der Waals surface area contributed by atoms with Gasteiger partial charge in [-0.2, -0.15) is 0 Å². The number of carbonyl (C=O) groups excluding carboxylic acids is 2. The van der Waals surface area contributed by atoms with Gasteiger partial charge in [-0.3, -0.25) is 19.0 Å². The third kappa shape index (κ3) is 4.27. The molecule has 1 atom stereocenters. The second-order valence-corrected chi connectivity index (χ2v) is 6.71. The molecule has 29 heavy (non-hydrogen) atoms. The molecule has 0 saturated carbocycles. The first-order valence-electron chi connectivity index (χ1n) is 9.03. The zero-order valence-electron chi connectivity index (χ0n) is 15.8. The fourth-order valence-corrected chi connectivity index (χ4v) is 3.28. The number of hydrogen-bond donors (Lipinski definition) is 3. The number of aromatic hydroxyl groups is 1. The highest BCUT2D eigenvalue weighted by Gasteiger charge is 2.32. The summed E-state index contributed by atoms with van der Waals surface area (Å²) in [7, 11) is 0. The van der Waals surface area contributed by atoms with E-state index in [4.69, 9.17) is 0 Å². The molecule has 3 rings (SSSR count).